The van der Waals surface area contributed by atoms with Gasteiger partial charge in [0.1, 0.15) is 12.6 Å². The number of hydrogen-bond donors (Lipinski definition) is 2. The van der Waals surface area contributed by atoms with Crippen molar-refractivity contribution in [1.29, 1.82) is 0 Å². The second kappa shape index (κ2) is 12.6. The Labute approximate surface area is 152 Å². The largest absolute Gasteiger partial charge is 0.445 e. The van der Waals surface area contributed by atoms with Gasteiger partial charge in [0.05, 0.1) is 6.54 Å². The Hall–Kier alpha value is -1.77. The first kappa shape index (κ1) is 21.3. The van der Waals surface area contributed by atoms with E-state index in [4.69, 9.17) is 14.2 Å². The molecule has 0 fully saturated rings. The summed E-state index contributed by atoms with van der Waals surface area (Å²) in [7, 11) is 2.98. The summed E-state index contributed by atoms with van der Waals surface area (Å²) < 4.78 is 15.2. The van der Waals surface area contributed by atoms with E-state index >= 15 is 0 Å². The summed E-state index contributed by atoms with van der Waals surface area (Å²) >= 11 is 1.60. The third-order valence-electron chi connectivity index (χ3n) is 3.40. The van der Waals surface area contributed by atoms with Crippen LogP contribution >= 0.6 is 11.8 Å². The molecule has 2 amide bonds. The predicted molar refractivity (Wildman–Crippen MR) is 97.4 cm³/mol. The number of rotatable bonds is 11. The number of hydrogen-bond acceptors (Lipinski definition) is 6. The maximum atomic E-state index is 12.3. The van der Waals surface area contributed by atoms with Crippen LogP contribution in [0.3, 0.4) is 0 Å². The molecule has 2 N–H and O–H groups in total. The third kappa shape index (κ3) is 8.76. The van der Waals surface area contributed by atoms with Crippen molar-refractivity contribution < 1.29 is 23.8 Å². The number of ether oxygens (including phenoxy) is 3. The molecular weight excluding hydrogens is 344 g/mol. The van der Waals surface area contributed by atoms with E-state index in [0.29, 0.717) is 6.42 Å². The second-order valence-corrected chi connectivity index (χ2v) is 6.17. The number of nitrogens with one attached hydrogen (secondary N) is 2. The monoisotopic (exact) mass is 370 g/mol. The van der Waals surface area contributed by atoms with Gasteiger partial charge in [-0.2, -0.15) is 11.8 Å². The van der Waals surface area contributed by atoms with E-state index in [1.807, 2.05) is 36.6 Å². The Morgan fingerprint density at radius 1 is 1.16 bits per heavy atom. The number of thioether (sulfide) groups is 1. The van der Waals surface area contributed by atoms with E-state index in [1.54, 1.807) is 11.8 Å². The second-order valence-electron chi connectivity index (χ2n) is 5.19. The summed E-state index contributed by atoms with van der Waals surface area (Å²) in [5.74, 6) is 0.430. The zero-order valence-corrected chi connectivity index (χ0v) is 15.6. The van der Waals surface area contributed by atoms with Crippen LogP contribution in [0, 0.1) is 0 Å². The lowest BCUT2D eigenvalue weighted by Gasteiger charge is -2.20. The molecule has 7 nitrogen and oxygen atoms in total. The maximum Gasteiger partial charge on any atom is 0.408 e. The van der Waals surface area contributed by atoms with Gasteiger partial charge in [-0.25, -0.2) is 4.79 Å². The zero-order chi connectivity index (χ0) is 18.5. The molecule has 140 valence electrons. The van der Waals surface area contributed by atoms with Crippen LogP contribution < -0.4 is 10.6 Å². The minimum Gasteiger partial charge on any atom is -0.445 e. The minimum absolute atomic E-state index is 0.152. The van der Waals surface area contributed by atoms with Crippen molar-refractivity contribution in [3.63, 3.8) is 0 Å². The highest BCUT2D eigenvalue weighted by Crippen LogP contribution is 2.04. The van der Waals surface area contributed by atoms with Crippen LogP contribution in [0.15, 0.2) is 30.3 Å². The summed E-state index contributed by atoms with van der Waals surface area (Å²) in [6, 6.07) is 8.67. The number of alkyl carbamates (subject to hydrolysis) is 1. The number of carbonyl (C=O) groups is 2. The number of amides is 2. The van der Waals surface area contributed by atoms with Gasteiger partial charge in [0.2, 0.25) is 5.91 Å². The Bertz CT molecular complexity index is 511. The van der Waals surface area contributed by atoms with Crippen molar-refractivity contribution >= 4 is 23.8 Å². The summed E-state index contributed by atoms with van der Waals surface area (Å²) in [5, 5.41) is 5.32. The van der Waals surface area contributed by atoms with Crippen molar-refractivity contribution in [2.45, 2.75) is 25.4 Å². The van der Waals surface area contributed by atoms with E-state index in [2.05, 4.69) is 10.6 Å². The van der Waals surface area contributed by atoms with Crippen molar-refractivity contribution in [3.05, 3.63) is 35.9 Å². The number of benzene rings is 1. The molecule has 0 saturated carbocycles. The Morgan fingerprint density at radius 3 is 2.44 bits per heavy atom. The van der Waals surface area contributed by atoms with Crippen LogP contribution in [0.5, 0.6) is 0 Å². The Kier molecular flexibility index (Phi) is 10.7. The van der Waals surface area contributed by atoms with E-state index in [1.165, 1.54) is 14.2 Å². The smallest absolute Gasteiger partial charge is 0.408 e. The predicted octanol–water partition coefficient (Wildman–Crippen LogP) is 1.77. The number of methoxy groups -OCH3 is 2. The molecule has 0 unspecified atom stereocenters. The van der Waals surface area contributed by atoms with Gasteiger partial charge < -0.3 is 24.8 Å². The van der Waals surface area contributed by atoms with Crippen molar-refractivity contribution in [1.82, 2.24) is 10.6 Å². The molecular formula is C17H26N2O5S. The molecule has 0 saturated heterocycles. The van der Waals surface area contributed by atoms with Crippen LogP contribution in [-0.4, -0.2) is 57.1 Å². The summed E-state index contributed by atoms with van der Waals surface area (Å²) in [6.45, 7) is 0.349. The molecule has 1 rings (SSSR count). The molecule has 1 atom stereocenters. The first-order valence-electron chi connectivity index (χ1n) is 7.90. The average Bonchev–Trinajstić information content (AvgIpc) is 2.64. The van der Waals surface area contributed by atoms with Gasteiger partial charge in [0, 0.05) is 14.2 Å². The summed E-state index contributed by atoms with van der Waals surface area (Å²) in [5.41, 5.74) is 0.880. The molecule has 0 spiro atoms. The summed E-state index contributed by atoms with van der Waals surface area (Å²) in [6.07, 6.45) is 1.28. The van der Waals surface area contributed by atoms with E-state index in [9.17, 15) is 9.59 Å². The van der Waals surface area contributed by atoms with Gasteiger partial charge in [-0.3, -0.25) is 4.79 Å². The van der Waals surface area contributed by atoms with Crippen molar-refractivity contribution in [2.75, 3.05) is 32.8 Å². The van der Waals surface area contributed by atoms with Crippen LogP contribution in [0.1, 0.15) is 12.0 Å². The van der Waals surface area contributed by atoms with Gasteiger partial charge in [0.15, 0.2) is 6.29 Å². The van der Waals surface area contributed by atoms with E-state index < -0.39 is 18.4 Å². The minimum atomic E-state index is -0.676. The third-order valence-corrected chi connectivity index (χ3v) is 4.04. The highest BCUT2D eigenvalue weighted by atomic mass is 32.2. The molecule has 0 heterocycles. The van der Waals surface area contributed by atoms with E-state index in [-0.39, 0.29) is 19.1 Å². The average molecular weight is 370 g/mol. The summed E-state index contributed by atoms with van der Waals surface area (Å²) in [4.78, 5) is 24.3. The SMILES string of the molecule is COC(CNC(=O)[C@H](CCSC)NC(=O)OCc1ccccc1)OC. The van der Waals surface area contributed by atoms with Crippen LogP contribution in [0.4, 0.5) is 4.79 Å². The fraction of sp³-hybridized carbons (Fsp3) is 0.529. The standard InChI is InChI=1S/C17H26N2O5S/c1-22-15(23-2)11-18-16(20)14(9-10-25-3)19-17(21)24-12-13-7-5-4-6-8-13/h4-8,14-15H,9-12H2,1-3H3,(H,18,20)(H,19,21)/t14-/m0/s1. The van der Waals surface area contributed by atoms with Gasteiger partial charge in [-0.05, 0) is 24.0 Å². The van der Waals surface area contributed by atoms with Gasteiger partial charge in [-0.1, -0.05) is 30.3 Å². The molecule has 0 radical (unpaired) electrons. The zero-order valence-electron chi connectivity index (χ0n) is 14.8. The molecule has 0 aliphatic rings. The van der Waals surface area contributed by atoms with Gasteiger partial charge in [-0.15, -0.1) is 0 Å². The first-order valence-corrected chi connectivity index (χ1v) is 9.29. The quantitative estimate of drug-likeness (QED) is 0.578. The molecule has 0 aliphatic heterocycles. The Morgan fingerprint density at radius 2 is 1.84 bits per heavy atom. The molecule has 8 heteroatoms. The fourth-order valence-corrected chi connectivity index (χ4v) is 2.45. The molecule has 25 heavy (non-hydrogen) atoms. The van der Waals surface area contributed by atoms with Gasteiger partial charge in [0.25, 0.3) is 0 Å². The fourth-order valence-electron chi connectivity index (χ4n) is 1.98. The molecule has 0 aliphatic carbocycles. The van der Waals surface area contributed by atoms with Crippen molar-refractivity contribution in [3.8, 4) is 0 Å². The Balaban J connectivity index is 2.49. The molecule has 0 aromatic heterocycles. The van der Waals surface area contributed by atoms with Crippen molar-refractivity contribution in [2.24, 2.45) is 0 Å². The van der Waals surface area contributed by atoms with E-state index in [0.717, 1.165) is 11.3 Å². The lowest BCUT2D eigenvalue weighted by molar-refractivity contribution is -0.129. The molecule has 1 aromatic carbocycles. The highest BCUT2D eigenvalue weighted by Gasteiger charge is 2.22. The van der Waals surface area contributed by atoms with Crippen LogP contribution in [-0.2, 0) is 25.6 Å². The first-order chi connectivity index (χ1) is 12.1. The topological polar surface area (TPSA) is 85.9 Å². The highest BCUT2D eigenvalue weighted by molar-refractivity contribution is 7.98. The van der Waals surface area contributed by atoms with Gasteiger partial charge >= 0.3 is 6.09 Å². The van der Waals surface area contributed by atoms with Crippen LogP contribution in [0.2, 0.25) is 0 Å². The maximum absolute atomic E-state index is 12.3. The molecule has 1 aromatic rings. The van der Waals surface area contributed by atoms with Crippen LogP contribution in [0.25, 0.3) is 0 Å². The number of carbonyl (C=O) groups excluding carboxylic acids is 2. The lowest BCUT2D eigenvalue weighted by Crippen LogP contribution is -2.49. The lowest BCUT2D eigenvalue weighted by atomic mass is 10.2. The normalized spacial score (nSPS) is 11.8. The molecule has 0 bridgehead atoms.